The van der Waals surface area contributed by atoms with Gasteiger partial charge in [-0.05, 0) is 57.7 Å². The van der Waals surface area contributed by atoms with Crippen LogP contribution in [0.2, 0.25) is 0 Å². The number of aliphatic hydroxyl groups is 1. The molecule has 106 valence electrons. The van der Waals surface area contributed by atoms with Gasteiger partial charge in [-0.3, -0.25) is 0 Å². The van der Waals surface area contributed by atoms with Gasteiger partial charge in [0.2, 0.25) is 0 Å². The van der Waals surface area contributed by atoms with E-state index in [-0.39, 0.29) is 6.61 Å². The van der Waals surface area contributed by atoms with Crippen LogP contribution in [0.25, 0.3) is 0 Å². The van der Waals surface area contributed by atoms with E-state index in [1.165, 1.54) is 38.8 Å². The lowest BCUT2D eigenvalue weighted by atomic mass is 9.97. The number of methoxy groups -OCH3 is 1. The summed E-state index contributed by atoms with van der Waals surface area (Å²) in [5.41, 5.74) is 0. The molecule has 1 saturated heterocycles. The Labute approximate surface area is 111 Å². The summed E-state index contributed by atoms with van der Waals surface area (Å²) in [6.45, 7) is 4.68. The van der Waals surface area contributed by atoms with Crippen molar-refractivity contribution in [3.63, 3.8) is 0 Å². The number of nitrogens with zero attached hydrogens (tertiary/aromatic N) is 1. The van der Waals surface area contributed by atoms with Gasteiger partial charge in [0, 0.05) is 25.8 Å². The van der Waals surface area contributed by atoms with Gasteiger partial charge >= 0.3 is 0 Å². The van der Waals surface area contributed by atoms with E-state index in [1.807, 2.05) is 0 Å². The lowest BCUT2D eigenvalue weighted by Crippen LogP contribution is -2.40. The van der Waals surface area contributed by atoms with Gasteiger partial charge in [-0.25, -0.2) is 0 Å². The van der Waals surface area contributed by atoms with E-state index in [0.717, 1.165) is 25.5 Å². The highest BCUT2D eigenvalue weighted by atomic mass is 16.5. The highest BCUT2D eigenvalue weighted by Crippen LogP contribution is 2.21. The topological polar surface area (TPSA) is 44.7 Å². The first-order valence-electron chi connectivity index (χ1n) is 7.40. The number of piperidine rings is 1. The number of hydrogen-bond donors (Lipinski definition) is 2. The molecule has 0 radical (unpaired) electrons. The zero-order valence-electron chi connectivity index (χ0n) is 11.6. The summed E-state index contributed by atoms with van der Waals surface area (Å²) in [7, 11) is 1.79. The minimum atomic E-state index is 0.274. The van der Waals surface area contributed by atoms with E-state index in [1.54, 1.807) is 7.11 Å². The van der Waals surface area contributed by atoms with E-state index >= 15 is 0 Å². The fourth-order valence-corrected chi connectivity index (χ4v) is 2.76. The van der Waals surface area contributed by atoms with Crippen LogP contribution < -0.4 is 5.32 Å². The minimum absolute atomic E-state index is 0.274. The van der Waals surface area contributed by atoms with Crippen molar-refractivity contribution in [3.8, 4) is 0 Å². The Morgan fingerprint density at radius 1 is 1.28 bits per heavy atom. The van der Waals surface area contributed by atoms with E-state index < -0.39 is 0 Å². The van der Waals surface area contributed by atoms with Crippen LogP contribution in [0.3, 0.4) is 0 Å². The fourth-order valence-electron chi connectivity index (χ4n) is 2.76. The van der Waals surface area contributed by atoms with Crippen molar-refractivity contribution in [3.05, 3.63) is 0 Å². The van der Waals surface area contributed by atoms with Gasteiger partial charge in [-0.15, -0.1) is 0 Å². The van der Waals surface area contributed by atoms with Crippen molar-refractivity contribution >= 4 is 0 Å². The number of nitrogens with one attached hydrogen (secondary N) is 1. The van der Waals surface area contributed by atoms with Gasteiger partial charge in [0.1, 0.15) is 0 Å². The van der Waals surface area contributed by atoms with Crippen molar-refractivity contribution in [2.75, 3.05) is 40.0 Å². The molecule has 0 aromatic rings. The summed E-state index contributed by atoms with van der Waals surface area (Å²) >= 11 is 0. The fraction of sp³-hybridized carbons (Fsp3) is 1.00. The van der Waals surface area contributed by atoms with Gasteiger partial charge in [0.05, 0.1) is 6.61 Å². The maximum atomic E-state index is 9.35. The normalized spacial score (nSPS) is 24.3. The molecule has 1 unspecified atom stereocenters. The van der Waals surface area contributed by atoms with Gasteiger partial charge in [-0.1, -0.05) is 0 Å². The Morgan fingerprint density at radius 3 is 2.56 bits per heavy atom. The number of hydrogen-bond acceptors (Lipinski definition) is 4. The molecular weight excluding hydrogens is 228 g/mol. The van der Waals surface area contributed by atoms with E-state index in [9.17, 15) is 5.11 Å². The van der Waals surface area contributed by atoms with Crippen LogP contribution in [0.4, 0.5) is 0 Å². The molecule has 0 spiro atoms. The molecule has 1 aliphatic heterocycles. The maximum Gasteiger partial charge on any atom is 0.0585 e. The van der Waals surface area contributed by atoms with Crippen LogP contribution in [0, 0.1) is 5.92 Å². The SMILES string of the molecule is COCC1CCN(CCC(CO)NC2CC2)CC1. The van der Waals surface area contributed by atoms with E-state index in [0.29, 0.717) is 12.1 Å². The minimum Gasteiger partial charge on any atom is -0.395 e. The van der Waals surface area contributed by atoms with Gasteiger partial charge in [0.25, 0.3) is 0 Å². The van der Waals surface area contributed by atoms with Gasteiger partial charge in [-0.2, -0.15) is 0 Å². The molecule has 2 N–H and O–H groups in total. The second kappa shape index (κ2) is 7.43. The van der Waals surface area contributed by atoms with Crippen molar-refractivity contribution in [2.45, 2.75) is 44.2 Å². The average molecular weight is 256 g/mol. The maximum absolute atomic E-state index is 9.35. The zero-order chi connectivity index (χ0) is 12.8. The lowest BCUT2D eigenvalue weighted by molar-refractivity contribution is 0.0960. The molecule has 4 heteroatoms. The molecule has 2 aliphatic rings. The third-order valence-corrected chi connectivity index (χ3v) is 4.17. The summed E-state index contributed by atoms with van der Waals surface area (Å²) in [6, 6.07) is 0.990. The third kappa shape index (κ3) is 4.84. The van der Waals surface area contributed by atoms with E-state index in [4.69, 9.17) is 4.74 Å². The molecule has 0 aromatic heterocycles. The third-order valence-electron chi connectivity index (χ3n) is 4.17. The summed E-state index contributed by atoms with van der Waals surface area (Å²) in [5.74, 6) is 0.754. The summed E-state index contributed by atoms with van der Waals surface area (Å²) in [5, 5.41) is 12.9. The number of likely N-dealkylation sites (tertiary alicyclic amines) is 1. The first-order chi connectivity index (χ1) is 8.81. The van der Waals surface area contributed by atoms with Crippen LogP contribution in [0.5, 0.6) is 0 Å². The number of ether oxygens (including phenoxy) is 1. The number of rotatable bonds is 8. The van der Waals surface area contributed by atoms with Crippen LogP contribution >= 0.6 is 0 Å². The van der Waals surface area contributed by atoms with Crippen LogP contribution in [0.15, 0.2) is 0 Å². The molecule has 2 fully saturated rings. The molecule has 2 rings (SSSR count). The predicted molar refractivity (Wildman–Crippen MR) is 72.7 cm³/mol. The van der Waals surface area contributed by atoms with Crippen molar-refractivity contribution in [1.29, 1.82) is 0 Å². The molecule has 0 bridgehead atoms. The largest absolute Gasteiger partial charge is 0.395 e. The van der Waals surface area contributed by atoms with E-state index in [2.05, 4.69) is 10.2 Å². The van der Waals surface area contributed by atoms with Gasteiger partial charge in [0.15, 0.2) is 0 Å². The first-order valence-corrected chi connectivity index (χ1v) is 7.40. The predicted octanol–water partition coefficient (Wildman–Crippen LogP) is 0.848. The first kappa shape index (κ1) is 14.3. The molecule has 1 saturated carbocycles. The molecule has 4 nitrogen and oxygen atoms in total. The standard InChI is InChI=1S/C14H28N2O2/c1-18-11-12-4-7-16(8-5-12)9-6-14(10-17)15-13-2-3-13/h12-15,17H,2-11H2,1H3. The molecule has 0 amide bonds. The Bertz CT molecular complexity index is 226. The lowest BCUT2D eigenvalue weighted by Gasteiger charge is -2.32. The quantitative estimate of drug-likeness (QED) is 0.676. The second-order valence-corrected chi connectivity index (χ2v) is 5.85. The molecule has 18 heavy (non-hydrogen) atoms. The molecular formula is C14H28N2O2. The van der Waals surface area contributed by atoms with Crippen LogP contribution in [0.1, 0.15) is 32.1 Å². The van der Waals surface area contributed by atoms with Crippen molar-refractivity contribution < 1.29 is 9.84 Å². The molecule has 0 aromatic carbocycles. The van der Waals surface area contributed by atoms with Crippen LogP contribution in [-0.4, -0.2) is 62.0 Å². The smallest absolute Gasteiger partial charge is 0.0585 e. The number of aliphatic hydroxyl groups excluding tert-OH is 1. The highest BCUT2D eigenvalue weighted by molar-refractivity contribution is 4.85. The Balaban J connectivity index is 1.58. The van der Waals surface area contributed by atoms with Crippen molar-refractivity contribution in [1.82, 2.24) is 10.2 Å². The monoisotopic (exact) mass is 256 g/mol. The highest BCUT2D eigenvalue weighted by Gasteiger charge is 2.25. The van der Waals surface area contributed by atoms with Crippen molar-refractivity contribution in [2.24, 2.45) is 5.92 Å². The summed E-state index contributed by atoms with van der Waals surface area (Å²) in [4.78, 5) is 2.53. The molecule has 1 heterocycles. The Kier molecular flexibility index (Phi) is 5.89. The summed E-state index contributed by atoms with van der Waals surface area (Å²) in [6.07, 6.45) is 6.17. The van der Waals surface area contributed by atoms with Crippen LogP contribution in [-0.2, 0) is 4.74 Å². The zero-order valence-corrected chi connectivity index (χ0v) is 11.6. The Morgan fingerprint density at radius 2 is 2.00 bits per heavy atom. The molecule has 1 aliphatic carbocycles. The van der Waals surface area contributed by atoms with Gasteiger partial charge < -0.3 is 20.1 Å². The second-order valence-electron chi connectivity index (χ2n) is 5.85. The average Bonchev–Trinajstić information content (AvgIpc) is 3.20. The Hall–Kier alpha value is -0.160. The summed E-state index contributed by atoms with van der Waals surface area (Å²) < 4.78 is 5.22. The molecule has 1 atom stereocenters.